The molecule has 0 saturated carbocycles. The number of phenols is 1. The Kier molecular flexibility index (Phi) is 5.55. The van der Waals surface area contributed by atoms with Gasteiger partial charge in [0.15, 0.2) is 5.69 Å². The second kappa shape index (κ2) is 7.75. The zero-order valence-corrected chi connectivity index (χ0v) is 16.5. The number of benzene rings is 2. The molecule has 28 heavy (non-hydrogen) atoms. The number of aromatic hydroxyl groups is 1. The van der Waals surface area contributed by atoms with E-state index in [0.717, 1.165) is 0 Å². The fourth-order valence-corrected chi connectivity index (χ4v) is 2.98. The van der Waals surface area contributed by atoms with Gasteiger partial charge in [-0.15, -0.1) is 0 Å². The van der Waals surface area contributed by atoms with Crippen molar-refractivity contribution in [1.82, 2.24) is 9.78 Å². The summed E-state index contributed by atoms with van der Waals surface area (Å²) in [5.74, 6) is 1.49. The molecule has 1 heterocycles. The van der Waals surface area contributed by atoms with Crippen molar-refractivity contribution >= 4 is 15.9 Å². The van der Waals surface area contributed by atoms with E-state index in [2.05, 4.69) is 21.0 Å². The Morgan fingerprint density at radius 3 is 2.21 bits per heavy atom. The van der Waals surface area contributed by atoms with E-state index >= 15 is 0 Å². The van der Waals surface area contributed by atoms with E-state index < -0.39 is 11.9 Å². The van der Waals surface area contributed by atoms with Gasteiger partial charge in [0.2, 0.25) is 5.88 Å². The third kappa shape index (κ3) is 4.24. The predicted octanol–water partition coefficient (Wildman–Crippen LogP) is 6.28. The van der Waals surface area contributed by atoms with Gasteiger partial charge >= 0.3 is 6.18 Å². The molecule has 0 unspecified atom stereocenters. The van der Waals surface area contributed by atoms with Gasteiger partial charge in [-0.25, -0.2) is 4.68 Å². The van der Waals surface area contributed by atoms with Gasteiger partial charge in [0, 0.05) is 12.1 Å². The summed E-state index contributed by atoms with van der Waals surface area (Å²) in [6.07, 6.45) is -4.54. The Morgan fingerprint density at radius 2 is 1.68 bits per heavy atom. The highest BCUT2D eigenvalue weighted by Crippen LogP contribution is 2.37. The zero-order chi connectivity index (χ0) is 20.5. The summed E-state index contributed by atoms with van der Waals surface area (Å²) in [6, 6.07) is 11.0. The highest BCUT2D eigenvalue weighted by atomic mass is 79.9. The van der Waals surface area contributed by atoms with Crippen LogP contribution in [0, 0.1) is 6.92 Å². The fraction of sp³-hybridized carbons (Fsp3) is 0.211. The predicted molar refractivity (Wildman–Crippen MR) is 100 cm³/mol. The molecule has 0 bridgehead atoms. The van der Waals surface area contributed by atoms with Crippen LogP contribution >= 0.6 is 15.9 Å². The average Bonchev–Trinajstić information content (AvgIpc) is 2.95. The Balaban J connectivity index is 1.80. The number of hydrogen-bond acceptors (Lipinski definition) is 4. The SMILES string of the molecule is CCn1nc(C(F)(F)F)c(C)c1Oc1ccc(Oc2ccc(O)cc2Br)cc1. The van der Waals surface area contributed by atoms with Gasteiger partial charge in [0.05, 0.1) is 4.47 Å². The first kappa shape index (κ1) is 20.1. The second-order valence-electron chi connectivity index (χ2n) is 5.88. The number of rotatable bonds is 5. The first-order valence-corrected chi connectivity index (χ1v) is 9.07. The minimum Gasteiger partial charge on any atom is -0.508 e. The average molecular weight is 457 g/mol. The van der Waals surface area contributed by atoms with E-state index in [9.17, 15) is 18.3 Å². The van der Waals surface area contributed by atoms with Crippen LogP contribution in [0.3, 0.4) is 0 Å². The van der Waals surface area contributed by atoms with Crippen molar-refractivity contribution in [3.63, 3.8) is 0 Å². The largest absolute Gasteiger partial charge is 0.508 e. The topological polar surface area (TPSA) is 56.5 Å². The summed E-state index contributed by atoms with van der Waals surface area (Å²) < 4.78 is 52.3. The molecule has 0 atom stereocenters. The van der Waals surface area contributed by atoms with Gasteiger partial charge in [-0.2, -0.15) is 18.3 Å². The number of nitrogens with zero attached hydrogens (tertiary/aromatic N) is 2. The van der Waals surface area contributed by atoms with E-state index in [1.165, 1.54) is 23.7 Å². The molecule has 1 aromatic heterocycles. The van der Waals surface area contributed by atoms with Gasteiger partial charge in [0.25, 0.3) is 0 Å². The van der Waals surface area contributed by atoms with Gasteiger partial charge in [-0.05, 0) is 72.2 Å². The molecule has 0 saturated heterocycles. The fourth-order valence-electron chi connectivity index (χ4n) is 2.54. The van der Waals surface area contributed by atoms with E-state index in [1.807, 2.05) is 0 Å². The molecule has 0 spiro atoms. The van der Waals surface area contributed by atoms with Crippen molar-refractivity contribution in [2.75, 3.05) is 0 Å². The van der Waals surface area contributed by atoms with Crippen LogP contribution in [-0.2, 0) is 12.7 Å². The summed E-state index contributed by atoms with van der Waals surface area (Å²) in [5, 5.41) is 13.0. The molecule has 5 nitrogen and oxygen atoms in total. The normalized spacial score (nSPS) is 11.5. The molecule has 0 aliphatic carbocycles. The minimum absolute atomic E-state index is 0.0461. The molecule has 0 amide bonds. The maximum atomic E-state index is 13.1. The van der Waals surface area contributed by atoms with E-state index in [4.69, 9.17) is 9.47 Å². The molecular weight excluding hydrogens is 441 g/mol. The minimum atomic E-state index is -4.54. The van der Waals surface area contributed by atoms with E-state index in [1.54, 1.807) is 37.3 Å². The molecule has 9 heteroatoms. The molecule has 148 valence electrons. The van der Waals surface area contributed by atoms with Crippen molar-refractivity contribution in [1.29, 1.82) is 0 Å². The smallest absolute Gasteiger partial charge is 0.435 e. The van der Waals surface area contributed by atoms with E-state index in [-0.39, 0.29) is 23.7 Å². The molecule has 0 radical (unpaired) electrons. The highest BCUT2D eigenvalue weighted by Gasteiger charge is 2.38. The maximum absolute atomic E-state index is 13.1. The molecular formula is C19H16BrF3N2O3. The number of ether oxygens (including phenoxy) is 2. The van der Waals surface area contributed by atoms with Crippen LogP contribution in [0.25, 0.3) is 0 Å². The highest BCUT2D eigenvalue weighted by molar-refractivity contribution is 9.10. The monoisotopic (exact) mass is 456 g/mol. The van der Waals surface area contributed by atoms with Crippen molar-refractivity contribution in [3.05, 3.63) is 58.2 Å². The summed E-state index contributed by atoms with van der Waals surface area (Å²) >= 11 is 3.29. The zero-order valence-electron chi connectivity index (χ0n) is 14.9. The lowest BCUT2D eigenvalue weighted by atomic mass is 10.2. The van der Waals surface area contributed by atoms with Crippen molar-refractivity contribution < 1.29 is 27.8 Å². The molecule has 0 fully saturated rings. The van der Waals surface area contributed by atoms with Gasteiger partial charge < -0.3 is 14.6 Å². The molecule has 3 rings (SSSR count). The lowest BCUT2D eigenvalue weighted by molar-refractivity contribution is -0.141. The van der Waals surface area contributed by atoms with Crippen molar-refractivity contribution in [3.8, 4) is 28.9 Å². The number of aromatic nitrogens is 2. The molecule has 1 N–H and O–H groups in total. The maximum Gasteiger partial charge on any atom is 0.435 e. The summed E-state index contributed by atoms with van der Waals surface area (Å²) in [4.78, 5) is 0. The molecule has 0 aliphatic rings. The van der Waals surface area contributed by atoms with Crippen LogP contribution in [0.4, 0.5) is 13.2 Å². The second-order valence-corrected chi connectivity index (χ2v) is 6.74. The van der Waals surface area contributed by atoms with Crippen molar-refractivity contribution in [2.45, 2.75) is 26.6 Å². The number of aryl methyl sites for hydroxylation is 1. The van der Waals surface area contributed by atoms with Gasteiger partial charge in [-0.3, -0.25) is 0 Å². The molecule has 3 aromatic rings. The first-order valence-electron chi connectivity index (χ1n) is 8.28. The molecule has 2 aromatic carbocycles. The third-order valence-corrected chi connectivity index (χ3v) is 4.50. The number of hydrogen-bond donors (Lipinski definition) is 1. The lowest BCUT2D eigenvalue weighted by Gasteiger charge is -2.11. The van der Waals surface area contributed by atoms with Gasteiger partial charge in [-0.1, -0.05) is 0 Å². The van der Waals surface area contributed by atoms with Crippen LogP contribution in [0.5, 0.6) is 28.9 Å². The van der Waals surface area contributed by atoms with Crippen LogP contribution in [0.15, 0.2) is 46.9 Å². The third-order valence-electron chi connectivity index (χ3n) is 3.88. The first-order chi connectivity index (χ1) is 13.2. The van der Waals surface area contributed by atoms with Crippen LogP contribution in [0.2, 0.25) is 0 Å². The molecule has 0 aliphatic heterocycles. The van der Waals surface area contributed by atoms with Crippen LogP contribution in [-0.4, -0.2) is 14.9 Å². The summed E-state index contributed by atoms with van der Waals surface area (Å²) in [5.41, 5.74) is -1.02. The standard InChI is InChI=1S/C19H16BrF3N2O3/c1-3-25-18(11(2)17(24-25)19(21,22)23)28-14-7-5-13(6-8-14)27-16-9-4-12(26)10-15(16)20/h4-10,26H,3H2,1-2H3. The van der Waals surface area contributed by atoms with Gasteiger partial charge in [0.1, 0.15) is 23.0 Å². The number of phenolic OH excluding ortho intramolecular Hbond substituents is 1. The van der Waals surface area contributed by atoms with E-state index in [0.29, 0.717) is 21.7 Å². The number of alkyl halides is 3. The Labute approximate surface area is 167 Å². The summed E-state index contributed by atoms with van der Waals surface area (Å²) in [7, 11) is 0. The lowest BCUT2D eigenvalue weighted by Crippen LogP contribution is -2.08. The summed E-state index contributed by atoms with van der Waals surface area (Å²) in [6.45, 7) is 3.26. The van der Waals surface area contributed by atoms with Crippen LogP contribution < -0.4 is 9.47 Å². The Morgan fingerprint density at radius 1 is 1.07 bits per heavy atom. The Hall–Kier alpha value is -2.68. The number of halogens is 4. The Bertz CT molecular complexity index is 985. The van der Waals surface area contributed by atoms with Crippen molar-refractivity contribution in [2.24, 2.45) is 0 Å². The quantitative estimate of drug-likeness (QED) is 0.490. The van der Waals surface area contributed by atoms with Crippen LogP contribution in [0.1, 0.15) is 18.2 Å².